The topological polar surface area (TPSA) is 154 Å². The molecule has 2 aliphatic rings. The zero-order chi connectivity index (χ0) is 23.3. The highest BCUT2D eigenvalue weighted by atomic mass is 19.1. The van der Waals surface area contributed by atoms with Crippen LogP contribution < -0.4 is 11.1 Å². The molecular weight excluding hydrogens is 425 g/mol. The maximum atomic E-state index is 13.7. The molecular formula is C23H26FN7O2. The quantitative estimate of drug-likeness (QED) is 0.345. The molecule has 0 amide bonds. The highest BCUT2D eigenvalue weighted by Gasteiger charge is 2.55. The summed E-state index contributed by atoms with van der Waals surface area (Å²) in [4.78, 5) is 28.0. The van der Waals surface area contributed by atoms with Crippen LogP contribution in [-0.4, -0.2) is 42.8 Å². The smallest absolute Gasteiger partial charge is 0.308 e. The van der Waals surface area contributed by atoms with Crippen molar-refractivity contribution in [3.63, 3.8) is 0 Å². The lowest BCUT2D eigenvalue weighted by atomic mass is 9.73. The number of carboxylic acids is 1. The molecule has 2 aliphatic carbocycles. The number of aliphatic carboxylic acids is 1. The third-order valence-corrected chi connectivity index (χ3v) is 7.00. The normalized spacial score (nSPS) is 26.1. The van der Waals surface area contributed by atoms with Crippen molar-refractivity contribution >= 4 is 34.4 Å². The molecule has 0 saturated heterocycles. The van der Waals surface area contributed by atoms with Gasteiger partial charge in [0.15, 0.2) is 5.82 Å². The van der Waals surface area contributed by atoms with Gasteiger partial charge in [0.2, 0.25) is 0 Å². The molecule has 10 heteroatoms. The number of carboxylic acid groups (broad SMARTS) is 1. The lowest BCUT2D eigenvalue weighted by Gasteiger charge is -2.36. The van der Waals surface area contributed by atoms with Gasteiger partial charge in [0.25, 0.3) is 0 Å². The molecule has 3 aromatic rings. The van der Waals surface area contributed by atoms with Crippen LogP contribution in [0.2, 0.25) is 0 Å². The van der Waals surface area contributed by atoms with Crippen LogP contribution in [0.5, 0.6) is 0 Å². The minimum Gasteiger partial charge on any atom is -0.481 e. The summed E-state index contributed by atoms with van der Waals surface area (Å²) in [6.45, 7) is 2.09. The van der Waals surface area contributed by atoms with Gasteiger partial charge in [-0.3, -0.25) is 10.2 Å². The first kappa shape index (κ1) is 21.3. The third-order valence-electron chi connectivity index (χ3n) is 7.00. The van der Waals surface area contributed by atoms with Crippen molar-refractivity contribution in [1.82, 2.24) is 19.9 Å². The lowest BCUT2D eigenvalue weighted by Crippen LogP contribution is -2.44. The predicted molar refractivity (Wildman–Crippen MR) is 122 cm³/mol. The second kappa shape index (κ2) is 8.09. The van der Waals surface area contributed by atoms with Gasteiger partial charge < -0.3 is 21.1 Å². The maximum absolute atomic E-state index is 13.7. The van der Waals surface area contributed by atoms with E-state index >= 15 is 0 Å². The Kier molecular flexibility index (Phi) is 5.22. The number of aromatic amines is 1. The van der Waals surface area contributed by atoms with E-state index in [4.69, 9.17) is 11.1 Å². The Bertz CT molecular complexity index is 1240. The lowest BCUT2D eigenvalue weighted by molar-refractivity contribution is -0.145. The summed E-state index contributed by atoms with van der Waals surface area (Å²) in [7, 11) is 0. The Labute approximate surface area is 189 Å². The second-order valence-electron chi connectivity index (χ2n) is 9.06. The number of pyridine rings is 1. The van der Waals surface area contributed by atoms with Crippen LogP contribution in [0.4, 0.5) is 16.0 Å². The molecule has 0 aromatic carbocycles. The van der Waals surface area contributed by atoms with E-state index in [1.54, 1.807) is 6.20 Å². The van der Waals surface area contributed by atoms with Crippen molar-refractivity contribution in [2.75, 3.05) is 11.1 Å². The molecule has 5 rings (SSSR count). The molecule has 3 aromatic heterocycles. The number of halogens is 1. The van der Waals surface area contributed by atoms with E-state index in [1.165, 1.54) is 0 Å². The number of hydrogen-bond acceptors (Lipinski definition) is 7. The van der Waals surface area contributed by atoms with Crippen molar-refractivity contribution < 1.29 is 14.3 Å². The Hall–Kier alpha value is -3.56. The van der Waals surface area contributed by atoms with E-state index in [-0.39, 0.29) is 34.9 Å². The average Bonchev–Trinajstić information content (AvgIpc) is 3.40. The predicted octanol–water partition coefficient (Wildman–Crippen LogP) is 3.43. The van der Waals surface area contributed by atoms with Gasteiger partial charge in [0.1, 0.15) is 28.8 Å². The fourth-order valence-electron chi connectivity index (χ4n) is 5.44. The Balaban J connectivity index is 1.52. The van der Waals surface area contributed by atoms with Gasteiger partial charge in [-0.15, -0.1) is 0 Å². The number of H-pyrrole nitrogens is 1. The number of nitrogens with two attached hydrogens (primary N) is 1. The monoisotopic (exact) mass is 451 g/mol. The zero-order valence-corrected chi connectivity index (χ0v) is 18.2. The number of nitrogens with one attached hydrogen (secondary N) is 3. The number of nitrogens with zero attached hydrogens (tertiary/aromatic N) is 3. The molecule has 172 valence electrons. The van der Waals surface area contributed by atoms with Crippen LogP contribution in [0.25, 0.3) is 11.0 Å². The summed E-state index contributed by atoms with van der Waals surface area (Å²) in [5.41, 5.74) is 6.28. The highest BCUT2D eigenvalue weighted by Crippen LogP contribution is 2.56. The average molecular weight is 452 g/mol. The van der Waals surface area contributed by atoms with Crippen molar-refractivity contribution in [1.29, 1.82) is 5.41 Å². The van der Waals surface area contributed by atoms with Crippen LogP contribution >= 0.6 is 0 Å². The molecule has 5 atom stereocenters. The molecule has 2 fully saturated rings. The van der Waals surface area contributed by atoms with Gasteiger partial charge in [0.05, 0.1) is 17.5 Å². The van der Waals surface area contributed by atoms with E-state index in [0.29, 0.717) is 28.7 Å². The van der Waals surface area contributed by atoms with Crippen LogP contribution in [0, 0.1) is 34.9 Å². The fraction of sp³-hybridized carbons (Fsp3) is 0.435. The van der Waals surface area contributed by atoms with Crippen LogP contribution in [0.15, 0.2) is 24.5 Å². The first-order valence-corrected chi connectivity index (χ1v) is 11.2. The van der Waals surface area contributed by atoms with Crippen LogP contribution in [0.1, 0.15) is 44.0 Å². The van der Waals surface area contributed by atoms with Crippen molar-refractivity contribution in [2.24, 2.45) is 23.7 Å². The molecule has 0 unspecified atom stereocenters. The van der Waals surface area contributed by atoms with Crippen molar-refractivity contribution in [3.8, 4) is 0 Å². The summed E-state index contributed by atoms with van der Waals surface area (Å²) in [6.07, 6.45) is 6.39. The summed E-state index contributed by atoms with van der Waals surface area (Å²) < 4.78 is 13.7. The molecule has 9 nitrogen and oxygen atoms in total. The van der Waals surface area contributed by atoms with Crippen molar-refractivity contribution in [3.05, 3.63) is 41.7 Å². The van der Waals surface area contributed by atoms with Gasteiger partial charge >= 0.3 is 5.97 Å². The summed E-state index contributed by atoms with van der Waals surface area (Å²) in [5.74, 6) is -0.238. The molecule has 2 saturated carbocycles. The van der Waals surface area contributed by atoms with Gasteiger partial charge in [-0.25, -0.2) is 19.3 Å². The largest absolute Gasteiger partial charge is 0.481 e. The molecule has 0 spiro atoms. The van der Waals surface area contributed by atoms with E-state index in [1.807, 2.05) is 6.07 Å². The molecule has 0 aliphatic heterocycles. The maximum Gasteiger partial charge on any atom is 0.308 e. The number of nitrogen functional groups attached to an aromatic ring is 1. The zero-order valence-electron chi connectivity index (χ0n) is 18.2. The molecule has 33 heavy (non-hydrogen) atoms. The Morgan fingerprint density at radius 3 is 2.97 bits per heavy atom. The number of hydrogen-bond donors (Lipinski definition) is 5. The molecule has 0 radical (unpaired) electrons. The van der Waals surface area contributed by atoms with Gasteiger partial charge in [-0.1, -0.05) is 13.3 Å². The van der Waals surface area contributed by atoms with E-state index in [9.17, 15) is 14.3 Å². The minimum absolute atomic E-state index is 0.00602. The van der Waals surface area contributed by atoms with E-state index in [2.05, 4.69) is 32.2 Å². The van der Waals surface area contributed by atoms with Crippen molar-refractivity contribution in [2.45, 2.75) is 38.6 Å². The van der Waals surface area contributed by atoms with Crippen LogP contribution in [-0.2, 0) is 4.79 Å². The van der Waals surface area contributed by atoms with E-state index < -0.39 is 17.7 Å². The summed E-state index contributed by atoms with van der Waals surface area (Å²) in [5, 5.41) is 22.7. The number of aromatic nitrogens is 4. The Morgan fingerprint density at radius 1 is 1.39 bits per heavy atom. The highest BCUT2D eigenvalue weighted by molar-refractivity contribution is 6.12. The number of anilines is 2. The number of rotatable bonds is 7. The van der Waals surface area contributed by atoms with E-state index in [0.717, 1.165) is 37.9 Å². The van der Waals surface area contributed by atoms with Gasteiger partial charge in [0, 0.05) is 17.8 Å². The molecule has 3 heterocycles. The number of carbonyl (C=O) groups is 1. The van der Waals surface area contributed by atoms with Gasteiger partial charge in [-0.2, -0.15) is 0 Å². The first-order chi connectivity index (χ1) is 15.9. The SMILES string of the molecule is CCC[C@H]1[C@@H]2C[C@@H]2C[C@H](Nc2nc(C(=N)c3cc(F)cnc3N)nc3[nH]ccc23)[C@H]1C(=O)O. The second-order valence-corrected chi connectivity index (χ2v) is 9.06. The summed E-state index contributed by atoms with van der Waals surface area (Å²) in [6, 6.07) is 2.66. The summed E-state index contributed by atoms with van der Waals surface area (Å²) >= 11 is 0. The first-order valence-electron chi connectivity index (χ1n) is 11.2. The van der Waals surface area contributed by atoms with Crippen LogP contribution in [0.3, 0.4) is 0 Å². The fourth-order valence-corrected chi connectivity index (χ4v) is 5.44. The third kappa shape index (κ3) is 3.79. The number of fused-ring (bicyclic) bond motifs is 2. The molecule has 0 bridgehead atoms. The standard InChI is InChI=1S/C23H26FN7O2/c1-2-3-12-14-6-10(14)7-16(17(12)23(32)33)29-21-13-4-5-27-20(13)30-22(31-21)18(25)15-8-11(24)9-28-19(15)26/h4-5,8-10,12,14,16-17,25H,2-3,6-7H2,1H3,(H2,26,28)(H,32,33)(H2,27,29,30,31)/t10-,12+,14-,16+,17+/m1/s1. The van der Waals surface area contributed by atoms with Gasteiger partial charge in [-0.05, 0) is 49.1 Å². The molecule has 6 N–H and O–H groups in total. The Morgan fingerprint density at radius 2 is 2.21 bits per heavy atom. The minimum atomic E-state index is -0.790.